The maximum absolute atomic E-state index is 12.5. The highest BCUT2D eigenvalue weighted by Crippen LogP contribution is 2.29. The van der Waals surface area contributed by atoms with Crippen LogP contribution in [0.15, 0.2) is 42.5 Å². The number of hydrogen-bond donors (Lipinski definition) is 0. The summed E-state index contributed by atoms with van der Waals surface area (Å²) in [6, 6.07) is 14.0. The Bertz CT molecular complexity index is 755. The minimum absolute atomic E-state index is 0.193. The minimum Gasteiger partial charge on any atom is -0.495 e. The van der Waals surface area contributed by atoms with E-state index in [1.807, 2.05) is 48.2 Å². The van der Waals surface area contributed by atoms with Gasteiger partial charge in [-0.2, -0.15) is 0 Å². The van der Waals surface area contributed by atoms with E-state index in [4.69, 9.17) is 16.3 Å². The second-order valence-corrected chi connectivity index (χ2v) is 6.76. The summed E-state index contributed by atoms with van der Waals surface area (Å²) in [4.78, 5) is 16.7. The summed E-state index contributed by atoms with van der Waals surface area (Å²) in [7, 11) is 1.61. The van der Waals surface area contributed by atoms with Crippen LogP contribution in [0.25, 0.3) is 0 Å². The van der Waals surface area contributed by atoms with Gasteiger partial charge in [0.1, 0.15) is 5.75 Å². The molecule has 25 heavy (non-hydrogen) atoms. The Kier molecular flexibility index (Phi) is 5.49. The molecule has 0 aliphatic carbocycles. The fraction of sp³-hybridized carbons (Fsp3) is 0.350. The fourth-order valence-corrected chi connectivity index (χ4v) is 3.43. The number of nitrogens with zero attached hydrogens (tertiary/aromatic N) is 2. The number of piperazine rings is 1. The van der Waals surface area contributed by atoms with E-state index in [2.05, 4.69) is 11.0 Å². The molecule has 0 unspecified atom stereocenters. The molecule has 2 aromatic carbocycles. The maximum Gasteiger partial charge on any atom is 0.227 e. The average Bonchev–Trinajstić information content (AvgIpc) is 2.62. The molecular formula is C20H23ClN2O2. The Morgan fingerprint density at radius 2 is 1.88 bits per heavy atom. The maximum atomic E-state index is 12.5. The normalized spacial score (nSPS) is 14.5. The van der Waals surface area contributed by atoms with Gasteiger partial charge in [0.15, 0.2) is 0 Å². The van der Waals surface area contributed by atoms with E-state index in [9.17, 15) is 4.79 Å². The van der Waals surface area contributed by atoms with Gasteiger partial charge in [0.2, 0.25) is 5.91 Å². The van der Waals surface area contributed by atoms with Crippen molar-refractivity contribution in [1.29, 1.82) is 0 Å². The largest absolute Gasteiger partial charge is 0.495 e. The van der Waals surface area contributed by atoms with Crippen molar-refractivity contribution in [2.24, 2.45) is 0 Å². The molecule has 0 bridgehead atoms. The molecular weight excluding hydrogens is 336 g/mol. The van der Waals surface area contributed by atoms with Crippen LogP contribution in [0.5, 0.6) is 5.75 Å². The highest BCUT2D eigenvalue weighted by Gasteiger charge is 2.21. The lowest BCUT2D eigenvalue weighted by molar-refractivity contribution is -0.130. The van der Waals surface area contributed by atoms with E-state index in [0.717, 1.165) is 37.4 Å². The number of ether oxygens (including phenoxy) is 1. The molecule has 2 aromatic rings. The molecule has 3 rings (SSSR count). The third-order valence-corrected chi connectivity index (χ3v) is 4.87. The number of aryl methyl sites for hydroxylation is 1. The van der Waals surface area contributed by atoms with Gasteiger partial charge in [-0.15, -0.1) is 0 Å². The van der Waals surface area contributed by atoms with E-state index in [0.29, 0.717) is 17.2 Å². The van der Waals surface area contributed by atoms with Crippen LogP contribution >= 0.6 is 11.6 Å². The molecule has 132 valence electrons. The number of carbonyl (C=O) groups is 1. The van der Waals surface area contributed by atoms with Crippen molar-refractivity contribution in [2.45, 2.75) is 13.3 Å². The van der Waals surface area contributed by atoms with Gasteiger partial charge in [-0.3, -0.25) is 4.79 Å². The lowest BCUT2D eigenvalue weighted by Gasteiger charge is -2.36. The van der Waals surface area contributed by atoms with Crippen molar-refractivity contribution >= 4 is 23.2 Å². The predicted molar refractivity (Wildman–Crippen MR) is 102 cm³/mol. The zero-order chi connectivity index (χ0) is 17.8. The predicted octanol–water partition coefficient (Wildman–Crippen LogP) is 3.55. The average molecular weight is 359 g/mol. The Morgan fingerprint density at radius 3 is 2.52 bits per heavy atom. The first-order valence-electron chi connectivity index (χ1n) is 8.48. The Morgan fingerprint density at radius 1 is 1.12 bits per heavy atom. The highest BCUT2D eigenvalue weighted by molar-refractivity contribution is 6.32. The van der Waals surface area contributed by atoms with Crippen LogP contribution in [0, 0.1) is 6.92 Å². The highest BCUT2D eigenvalue weighted by atomic mass is 35.5. The van der Waals surface area contributed by atoms with E-state index in [1.54, 1.807) is 7.11 Å². The zero-order valence-corrected chi connectivity index (χ0v) is 15.4. The second kappa shape index (κ2) is 7.79. The minimum atomic E-state index is 0.193. The summed E-state index contributed by atoms with van der Waals surface area (Å²) in [6.45, 7) is 5.12. The van der Waals surface area contributed by atoms with Gasteiger partial charge in [-0.1, -0.05) is 41.4 Å². The van der Waals surface area contributed by atoms with E-state index < -0.39 is 0 Å². The molecule has 0 spiro atoms. The van der Waals surface area contributed by atoms with Crippen molar-refractivity contribution in [3.05, 3.63) is 58.6 Å². The number of carbonyl (C=O) groups excluding carboxylic acids is 1. The molecule has 1 amide bonds. The molecule has 1 aliphatic heterocycles. The topological polar surface area (TPSA) is 32.8 Å². The SMILES string of the molecule is COc1ccc(N2CCN(C(=O)Cc3cccc(C)c3)CC2)cc1Cl. The molecule has 0 radical (unpaired) electrons. The number of rotatable bonds is 4. The van der Waals surface area contributed by atoms with Crippen LogP contribution in [0.4, 0.5) is 5.69 Å². The number of anilines is 1. The van der Waals surface area contributed by atoms with E-state index in [1.165, 1.54) is 5.56 Å². The lowest BCUT2D eigenvalue weighted by Crippen LogP contribution is -2.49. The van der Waals surface area contributed by atoms with Gasteiger partial charge < -0.3 is 14.5 Å². The number of methoxy groups -OCH3 is 1. The molecule has 0 atom stereocenters. The lowest BCUT2D eigenvalue weighted by atomic mass is 10.1. The van der Waals surface area contributed by atoms with Gasteiger partial charge in [-0.25, -0.2) is 0 Å². The summed E-state index contributed by atoms with van der Waals surface area (Å²) < 4.78 is 5.20. The molecule has 4 nitrogen and oxygen atoms in total. The number of amides is 1. The third-order valence-electron chi connectivity index (χ3n) is 4.57. The van der Waals surface area contributed by atoms with Gasteiger partial charge in [0.05, 0.1) is 18.6 Å². The summed E-state index contributed by atoms with van der Waals surface area (Å²) in [5.74, 6) is 0.871. The summed E-state index contributed by atoms with van der Waals surface area (Å²) in [6.07, 6.45) is 0.468. The Hall–Kier alpha value is -2.20. The summed E-state index contributed by atoms with van der Waals surface area (Å²) in [5, 5.41) is 0.609. The molecule has 0 aromatic heterocycles. The van der Waals surface area contributed by atoms with Crippen molar-refractivity contribution in [1.82, 2.24) is 4.90 Å². The van der Waals surface area contributed by atoms with Crippen LogP contribution < -0.4 is 9.64 Å². The van der Waals surface area contributed by atoms with Crippen molar-refractivity contribution in [2.75, 3.05) is 38.2 Å². The van der Waals surface area contributed by atoms with Crippen molar-refractivity contribution in [3.8, 4) is 5.75 Å². The van der Waals surface area contributed by atoms with E-state index in [-0.39, 0.29) is 5.91 Å². The second-order valence-electron chi connectivity index (χ2n) is 6.35. The third kappa shape index (κ3) is 4.26. The van der Waals surface area contributed by atoms with Crippen LogP contribution in [-0.4, -0.2) is 44.1 Å². The molecule has 1 saturated heterocycles. The van der Waals surface area contributed by atoms with Crippen molar-refractivity contribution in [3.63, 3.8) is 0 Å². The molecule has 1 fully saturated rings. The number of benzene rings is 2. The van der Waals surface area contributed by atoms with Gasteiger partial charge in [0.25, 0.3) is 0 Å². The van der Waals surface area contributed by atoms with Crippen molar-refractivity contribution < 1.29 is 9.53 Å². The van der Waals surface area contributed by atoms with Gasteiger partial charge >= 0.3 is 0 Å². The summed E-state index contributed by atoms with van der Waals surface area (Å²) in [5.41, 5.74) is 3.33. The smallest absolute Gasteiger partial charge is 0.227 e. The first-order valence-corrected chi connectivity index (χ1v) is 8.86. The first-order chi connectivity index (χ1) is 12.1. The molecule has 0 saturated carbocycles. The number of hydrogen-bond acceptors (Lipinski definition) is 3. The molecule has 5 heteroatoms. The number of halogens is 1. The quantitative estimate of drug-likeness (QED) is 0.838. The summed E-state index contributed by atoms with van der Waals surface area (Å²) >= 11 is 6.21. The monoisotopic (exact) mass is 358 g/mol. The standard InChI is InChI=1S/C20H23ClN2O2/c1-15-4-3-5-16(12-15)13-20(24)23-10-8-22(9-11-23)17-6-7-19(25-2)18(21)14-17/h3-7,12,14H,8-11,13H2,1-2H3. The van der Waals surface area contributed by atoms with Crippen LogP contribution in [0.1, 0.15) is 11.1 Å². The van der Waals surface area contributed by atoms with Crippen LogP contribution in [0.2, 0.25) is 5.02 Å². The van der Waals surface area contributed by atoms with Gasteiger partial charge in [-0.05, 0) is 30.7 Å². The van der Waals surface area contributed by atoms with Crippen LogP contribution in [-0.2, 0) is 11.2 Å². The Balaban J connectivity index is 1.58. The molecule has 0 N–H and O–H groups in total. The van der Waals surface area contributed by atoms with E-state index >= 15 is 0 Å². The van der Waals surface area contributed by atoms with Gasteiger partial charge in [0, 0.05) is 31.9 Å². The Labute approximate surface area is 154 Å². The molecule has 1 aliphatic rings. The molecule has 1 heterocycles. The zero-order valence-electron chi connectivity index (χ0n) is 14.7. The fourth-order valence-electron chi connectivity index (χ4n) is 3.17. The van der Waals surface area contributed by atoms with Crippen LogP contribution in [0.3, 0.4) is 0 Å². The first kappa shape index (κ1) is 17.6.